The van der Waals surface area contributed by atoms with E-state index in [0.717, 1.165) is 12.1 Å². The first-order valence-electron chi connectivity index (χ1n) is 11.7. The van der Waals surface area contributed by atoms with Gasteiger partial charge in [0, 0.05) is 19.2 Å². The van der Waals surface area contributed by atoms with Crippen molar-refractivity contribution in [2.45, 2.75) is 37.4 Å². The van der Waals surface area contributed by atoms with Gasteiger partial charge in [-0.1, -0.05) is 0 Å². The zero-order valence-electron chi connectivity index (χ0n) is 21.1. The molecule has 1 aromatic rings. The first kappa shape index (κ1) is 31.1. The molecule has 0 unspecified atom stereocenters. The number of anilines is 1. The Morgan fingerprint density at radius 1 is 1.13 bits per heavy atom. The molecule has 6 N–H and O–H groups in total. The SMILES string of the molecule is CSCC(=O)NCCC[C@H](NC(=O)[C@@H]1[C@@H](NC(=O)Nc2ccc(F)cc2F)CCN1C(=O)CSC)C(N)=O. The lowest BCUT2D eigenvalue weighted by atomic mass is 10.1. The molecule has 2 rings (SSSR count). The summed E-state index contributed by atoms with van der Waals surface area (Å²) in [5, 5.41) is 10.1. The third kappa shape index (κ3) is 9.35. The van der Waals surface area contributed by atoms with Crippen LogP contribution in [0.5, 0.6) is 0 Å². The van der Waals surface area contributed by atoms with Crippen LogP contribution in [-0.4, -0.2) is 89.8 Å². The standard InChI is InChI=1S/C23H32F2N6O5S2/c1-37-11-18(32)27-8-3-4-17(21(26)34)28-22(35)20-16(7-9-31(20)19(33)12-38-2)30-23(36)29-15-6-5-13(24)10-14(15)25/h5-6,10,16-17,20H,3-4,7-9,11-12H2,1-2H3,(H2,26,34)(H,27,32)(H,28,35)(H2,29,30,36)/t16-,17-,20-/m0/s1. The number of halogens is 2. The van der Waals surface area contributed by atoms with Gasteiger partial charge in [0.25, 0.3) is 0 Å². The predicted molar refractivity (Wildman–Crippen MR) is 143 cm³/mol. The van der Waals surface area contributed by atoms with Crippen LogP contribution < -0.4 is 27.0 Å². The number of carbonyl (C=O) groups excluding carboxylic acids is 5. The maximum Gasteiger partial charge on any atom is 0.319 e. The van der Waals surface area contributed by atoms with Crippen LogP contribution in [0.1, 0.15) is 19.3 Å². The van der Waals surface area contributed by atoms with Gasteiger partial charge < -0.3 is 31.9 Å². The van der Waals surface area contributed by atoms with Gasteiger partial charge in [-0.3, -0.25) is 19.2 Å². The number of carbonyl (C=O) groups is 5. The first-order valence-corrected chi connectivity index (χ1v) is 14.5. The molecule has 1 aliphatic heterocycles. The molecule has 0 bridgehead atoms. The van der Waals surface area contributed by atoms with Crippen molar-refractivity contribution in [3.05, 3.63) is 29.8 Å². The third-order valence-corrected chi connectivity index (χ3v) is 6.76. The summed E-state index contributed by atoms with van der Waals surface area (Å²) in [6, 6.07) is -1.29. The topological polar surface area (TPSA) is 163 Å². The minimum Gasteiger partial charge on any atom is -0.368 e. The molecule has 1 heterocycles. The number of nitrogens with two attached hydrogens (primary N) is 1. The van der Waals surface area contributed by atoms with Crippen molar-refractivity contribution in [2.24, 2.45) is 5.73 Å². The van der Waals surface area contributed by atoms with Crippen molar-refractivity contribution in [3.8, 4) is 0 Å². The number of primary amides is 1. The summed E-state index contributed by atoms with van der Waals surface area (Å²) in [5.41, 5.74) is 5.20. The molecule has 0 aliphatic carbocycles. The summed E-state index contributed by atoms with van der Waals surface area (Å²) in [6.07, 6.45) is 4.25. The molecular formula is C23H32F2N6O5S2. The molecule has 38 heavy (non-hydrogen) atoms. The molecule has 6 amide bonds. The molecule has 1 aromatic carbocycles. The van der Waals surface area contributed by atoms with Gasteiger partial charge >= 0.3 is 6.03 Å². The number of amides is 6. The number of urea groups is 1. The van der Waals surface area contributed by atoms with E-state index in [9.17, 15) is 32.8 Å². The molecule has 1 aliphatic rings. The highest BCUT2D eigenvalue weighted by Gasteiger charge is 2.43. The Morgan fingerprint density at radius 2 is 1.84 bits per heavy atom. The minimum absolute atomic E-state index is 0.0957. The average molecular weight is 575 g/mol. The number of nitrogens with zero attached hydrogens (tertiary/aromatic N) is 1. The fraction of sp³-hybridized carbons (Fsp3) is 0.522. The van der Waals surface area contributed by atoms with Crippen molar-refractivity contribution in [1.82, 2.24) is 20.9 Å². The summed E-state index contributed by atoms with van der Waals surface area (Å²) in [4.78, 5) is 63.4. The van der Waals surface area contributed by atoms with Gasteiger partial charge in [0.2, 0.25) is 23.6 Å². The Labute approximate surface area is 227 Å². The van der Waals surface area contributed by atoms with E-state index in [4.69, 9.17) is 5.73 Å². The molecule has 1 saturated heterocycles. The minimum atomic E-state index is -1.15. The van der Waals surface area contributed by atoms with Crippen LogP contribution in [0, 0.1) is 11.6 Å². The van der Waals surface area contributed by atoms with E-state index in [1.807, 2.05) is 0 Å². The van der Waals surface area contributed by atoms with Crippen LogP contribution in [0.2, 0.25) is 0 Å². The molecule has 1 fully saturated rings. The smallest absolute Gasteiger partial charge is 0.319 e. The fourth-order valence-corrected chi connectivity index (χ4v) is 4.71. The molecule has 0 aromatic heterocycles. The lowest BCUT2D eigenvalue weighted by Gasteiger charge is -2.29. The summed E-state index contributed by atoms with van der Waals surface area (Å²) in [5.74, 6) is -3.36. The summed E-state index contributed by atoms with van der Waals surface area (Å²) >= 11 is 2.63. The lowest BCUT2D eigenvalue weighted by molar-refractivity contribution is -0.138. The third-order valence-electron chi connectivity index (χ3n) is 5.68. The predicted octanol–water partition coefficient (Wildman–Crippen LogP) is 0.648. The maximum absolute atomic E-state index is 13.9. The molecule has 0 saturated carbocycles. The fourth-order valence-electron chi connectivity index (χ4n) is 3.93. The zero-order chi connectivity index (χ0) is 28.2. The largest absolute Gasteiger partial charge is 0.368 e. The Hall–Kier alpha value is -3.07. The number of benzene rings is 1. The highest BCUT2D eigenvalue weighted by Crippen LogP contribution is 2.21. The van der Waals surface area contributed by atoms with Gasteiger partial charge in [-0.05, 0) is 43.9 Å². The molecule has 3 atom stereocenters. The normalized spacial score (nSPS) is 17.4. The van der Waals surface area contributed by atoms with Crippen molar-refractivity contribution < 1.29 is 32.8 Å². The van der Waals surface area contributed by atoms with Crippen molar-refractivity contribution >= 4 is 58.9 Å². The van der Waals surface area contributed by atoms with E-state index in [2.05, 4.69) is 21.3 Å². The summed E-state index contributed by atoms with van der Waals surface area (Å²) in [7, 11) is 0. The zero-order valence-corrected chi connectivity index (χ0v) is 22.7. The Morgan fingerprint density at radius 3 is 2.47 bits per heavy atom. The van der Waals surface area contributed by atoms with Crippen molar-refractivity contribution in [2.75, 3.05) is 42.4 Å². The number of hydrogen-bond donors (Lipinski definition) is 5. The molecule has 0 spiro atoms. The van der Waals surface area contributed by atoms with E-state index in [1.54, 1.807) is 12.5 Å². The molecule has 0 radical (unpaired) electrons. The van der Waals surface area contributed by atoms with Crippen LogP contribution in [0.15, 0.2) is 18.2 Å². The van der Waals surface area contributed by atoms with E-state index in [-0.39, 0.29) is 49.2 Å². The van der Waals surface area contributed by atoms with E-state index >= 15 is 0 Å². The van der Waals surface area contributed by atoms with E-state index in [0.29, 0.717) is 18.2 Å². The lowest BCUT2D eigenvalue weighted by Crippen LogP contribution is -2.58. The quantitative estimate of drug-likeness (QED) is 0.216. The van der Waals surface area contributed by atoms with Crippen LogP contribution in [0.25, 0.3) is 0 Å². The Bertz CT molecular complexity index is 1030. The monoisotopic (exact) mass is 574 g/mol. The van der Waals surface area contributed by atoms with E-state index in [1.165, 1.54) is 28.4 Å². The van der Waals surface area contributed by atoms with Gasteiger partial charge in [-0.25, -0.2) is 13.6 Å². The number of thioether (sulfide) groups is 2. The number of rotatable bonds is 13. The van der Waals surface area contributed by atoms with Gasteiger partial charge in [0.1, 0.15) is 23.7 Å². The van der Waals surface area contributed by atoms with E-state index < -0.39 is 47.6 Å². The highest BCUT2D eigenvalue weighted by atomic mass is 32.2. The maximum atomic E-state index is 13.9. The molecule has 15 heteroatoms. The number of likely N-dealkylation sites (tertiary alicyclic amines) is 1. The van der Waals surface area contributed by atoms with Crippen LogP contribution >= 0.6 is 23.5 Å². The second kappa shape index (κ2) is 15.4. The average Bonchev–Trinajstić information content (AvgIpc) is 3.26. The van der Waals surface area contributed by atoms with Crippen LogP contribution in [-0.2, 0) is 19.2 Å². The number of nitrogens with one attached hydrogen (secondary N) is 4. The Balaban J connectivity index is 2.09. The molecule has 210 valence electrons. The molecular weight excluding hydrogens is 542 g/mol. The van der Waals surface area contributed by atoms with Gasteiger partial charge in [-0.2, -0.15) is 23.5 Å². The summed E-state index contributed by atoms with van der Waals surface area (Å²) in [6.45, 7) is 0.446. The second-order valence-corrected chi connectivity index (χ2v) is 10.2. The summed E-state index contributed by atoms with van der Waals surface area (Å²) < 4.78 is 27.1. The van der Waals surface area contributed by atoms with Crippen molar-refractivity contribution in [1.29, 1.82) is 0 Å². The molecule has 11 nitrogen and oxygen atoms in total. The van der Waals surface area contributed by atoms with Gasteiger partial charge in [-0.15, -0.1) is 0 Å². The van der Waals surface area contributed by atoms with Crippen LogP contribution in [0.3, 0.4) is 0 Å². The highest BCUT2D eigenvalue weighted by molar-refractivity contribution is 7.99. The first-order chi connectivity index (χ1) is 18.1. The second-order valence-electron chi connectivity index (χ2n) is 8.47. The number of hydrogen-bond acceptors (Lipinski definition) is 7. The van der Waals surface area contributed by atoms with Crippen molar-refractivity contribution in [3.63, 3.8) is 0 Å². The van der Waals surface area contributed by atoms with Crippen LogP contribution in [0.4, 0.5) is 19.3 Å². The van der Waals surface area contributed by atoms with Gasteiger partial charge in [0.15, 0.2) is 0 Å². The Kier molecular flexibility index (Phi) is 12.6. The van der Waals surface area contributed by atoms with Gasteiger partial charge in [0.05, 0.1) is 23.2 Å².